The summed E-state index contributed by atoms with van der Waals surface area (Å²) in [6.45, 7) is 5.72. The number of para-hydroxylation sites is 2. The number of ether oxygens (including phenoxy) is 1. The molecule has 1 aliphatic rings. The van der Waals surface area contributed by atoms with Gasteiger partial charge >= 0.3 is 0 Å². The molecule has 3 N–H and O–H groups in total. The van der Waals surface area contributed by atoms with Gasteiger partial charge in [0.05, 0.1) is 19.0 Å². The molecule has 1 aliphatic heterocycles. The Bertz CT molecular complexity index is 700. The van der Waals surface area contributed by atoms with Gasteiger partial charge in [-0.1, -0.05) is 18.2 Å². The first kappa shape index (κ1) is 17.2. The number of carbonyl (C=O) groups excluding carboxylic acids is 1. The summed E-state index contributed by atoms with van der Waals surface area (Å²) in [6, 6.07) is 13.5. The lowest BCUT2D eigenvalue weighted by Gasteiger charge is -2.31. The van der Waals surface area contributed by atoms with Crippen molar-refractivity contribution in [3.05, 3.63) is 48.7 Å². The van der Waals surface area contributed by atoms with E-state index in [2.05, 4.69) is 21.3 Å². The quantitative estimate of drug-likeness (QED) is 0.818. The van der Waals surface area contributed by atoms with E-state index in [0.717, 1.165) is 37.7 Å². The maximum atomic E-state index is 12.6. The minimum Gasteiger partial charge on any atom is -0.495 e. The van der Waals surface area contributed by atoms with Crippen LogP contribution in [0.15, 0.2) is 48.7 Å². The molecule has 0 bridgehead atoms. The average Bonchev–Trinajstić information content (AvgIpc) is 2.68. The fraction of sp³-hybridized carbons (Fsp3) is 0.368. The third kappa shape index (κ3) is 4.09. The number of piperazine rings is 1. The van der Waals surface area contributed by atoms with E-state index in [4.69, 9.17) is 4.74 Å². The summed E-state index contributed by atoms with van der Waals surface area (Å²) in [4.78, 5) is 19.5. The number of aromatic nitrogens is 1. The predicted octanol–water partition coefficient (Wildman–Crippen LogP) is 0.241. The van der Waals surface area contributed by atoms with E-state index in [9.17, 15) is 4.79 Å². The van der Waals surface area contributed by atoms with Crippen LogP contribution in [0.25, 0.3) is 0 Å². The van der Waals surface area contributed by atoms with Gasteiger partial charge in [0.25, 0.3) is 11.7 Å². The van der Waals surface area contributed by atoms with E-state index >= 15 is 0 Å². The Kier molecular flexibility index (Phi) is 5.50. The minimum absolute atomic E-state index is 0.0271. The van der Waals surface area contributed by atoms with Crippen LogP contribution in [0.4, 0.5) is 11.5 Å². The molecule has 132 valence electrons. The van der Waals surface area contributed by atoms with Gasteiger partial charge in [-0.15, -0.1) is 0 Å². The zero-order valence-corrected chi connectivity index (χ0v) is 14.8. The number of rotatable bonds is 5. The fourth-order valence-electron chi connectivity index (χ4n) is 3.22. The summed E-state index contributed by atoms with van der Waals surface area (Å²) in [5, 5.41) is 3.00. The van der Waals surface area contributed by atoms with Gasteiger partial charge in [0.2, 0.25) is 0 Å². The van der Waals surface area contributed by atoms with Crippen molar-refractivity contribution in [1.29, 1.82) is 0 Å². The van der Waals surface area contributed by atoms with Crippen LogP contribution < -0.4 is 24.8 Å². The van der Waals surface area contributed by atoms with Crippen LogP contribution >= 0.6 is 0 Å². The third-order valence-corrected chi connectivity index (χ3v) is 4.81. The second-order valence-corrected chi connectivity index (χ2v) is 6.30. The second kappa shape index (κ2) is 7.98. The molecule has 25 heavy (non-hydrogen) atoms. The van der Waals surface area contributed by atoms with E-state index < -0.39 is 0 Å². The smallest absolute Gasteiger partial charge is 0.282 e. The highest BCUT2D eigenvalue weighted by Gasteiger charge is 2.32. The molecular weight excluding hydrogens is 316 g/mol. The number of amides is 1. The van der Waals surface area contributed by atoms with Crippen LogP contribution in [0.1, 0.15) is 6.92 Å². The summed E-state index contributed by atoms with van der Waals surface area (Å²) in [7, 11) is 1.61. The molecule has 6 nitrogen and oxygen atoms in total. The first-order valence-electron chi connectivity index (χ1n) is 8.69. The van der Waals surface area contributed by atoms with E-state index in [1.54, 1.807) is 7.11 Å². The molecule has 1 aromatic carbocycles. The van der Waals surface area contributed by atoms with Crippen LogP contribution in [-0.4, -0.2) is 45.2 Å². The molecule has 2 aromatic rings. The van der Waals surface area contributed by atoms with Gasteiger partial charge in [-0.05, 0) is 25.1 Å². The first-order chi connectivity index (χ1) is 12.2. The lowest BCUT2D eigenvalue weighted by molar-refractivity contribution is -0.914. The number of hydrogen-bond donors (Lipinski definition) is 2. The number of nitrogens with one attached hydrogen (secondary N) is 3. The van der Waals surface area contributed by atoms with E-state index in [1.807, 2.05) is 49.5 Å². The van der Waals surface area contributed by atoms with E-state index in [-0.39, 0.29) is 11.9 Å². The Morgan fingerprint density at radius 2 is 1.92 bits per heavy atom. The molecule has 0 radical (unpaired) electrons. The van der Waals surface area contributed by atoms with Crippen molar-refractivity contribution in [3.8, 4) is 5.75 Å². The summed E-state index contributed by atoms with van der Waals surface area (Å²) in [5.74, 6) is 1.84. The van der Waals surface area contributed by atoms with Gasteiger partial charge in [-0.2, -0.15) is 0 Å². The minimum atomic E-state index is -0.105. The summed E-state index contributed by atoms with van der Waals surface area (Å²) >= 11 is 0. The van der Waals surface area contributed by atoms with Gasteiger partial charge in [0, 0.05) is 6.07 Å². The normalized spacial score (nSPS) is 16.3. The highest BCUT2D eigenvalue weighted by atomic mass is 16.5. The highest BCUT2D eigenvalue weighted by molar-refractivity contribution is 5.94. The van der Waals surface area contributed by atoms with Gasteiger partial charge in [0.15, 0.2) is 6.04 Å². The van der Waals surface area contributed by atoms with Crippen molar-refractivity contribution in [2.24, 2.45) is 0 Å². The predicted molar refractivity (Wildman–Crippen MR) is 97.0 cm³/mol. The lowest BCUT2D eigenvalue weighted by Crippen LogP contribution is -3.19. The molecule has 1 atom stereocenters. The summed E-state index contributed by atoms with van der Waals surface area (Å²) < 4.78 is 5.30. The number of aromatic amines is 1. The molecule has 0 unspecified atom stereocenters. The van der Waals surface area contributed by atoms with Crippen LogP contribution in [0.5, 0.6) is 5.75 Å². The number of anilines is 2. The number of benzene rings is 1. The number of nitrogens with zero attached hydrogens (tertiary/aromatic N) is 1. The van der Waals surface area contributed by atoms with Crippen molar-refractivity contribution < 1.29 is 19.4 Å². The van der Waals surface area contributed by atoms with Crippen molar-refractivity contribution in [1.82, 2.24) is 0 Å². The first-order valence-corrected chi connectivity index (χ1v) is 8.69. The molecular formula is C19H26N4O2+2. The van der Waals surface area contributed by atoms with Crippen molar-refractivity contribution >= 4 is 17.4 Å². The van der Waals surface area contributed by atoms with Crippen LogP contribution in [0.3, 0.4) is 0 Å². The van der Waals surface area contributed by atoms with Gasteiger partial charge in [0.1, 0.15) is 31.9 Å². The standard InChI is InChI=1S/C19H24N4O2/c1-15(19(24)21-16-7-3-4-8-17(16)25-2)22-11-13-23(14-12-22)18-9-5-6-10-20-18/h3-10,15H,11-14H2,1-2H3,(H,21,24)/p+2/t15-/m1/s1. The molecule has 6 heteroatoms. The monoisotopic (exact) mass is 342 g/mol. The molecule has 0 aliphatic carbocycles. The van der Waals surface area contributed by atoms with Crippen molar-refractivity contribution in [2.45, 2.75) is 13.0 Å². The molecule has 1 saturated heterocycles. The maximum Gasteiger partial charge on any atom is 0.282 e. The number of H-pyrrole nitrogens is 1. The number of carbonyl (C=O) groups is 1. The van der Waals surface area contributed by atoms with Crippen LogP contribution in [0, 0.1) is 0 Å². The highest BCUT2D eigenvalue weighted by Crippen LogP contribution is 2.22. The Labute approximate surface area is 148 Å². The summed E-state index contributed by atoms with van der Waals surface area (Å²) in [5.41, 5.74) is 0.721. The van der Waals surface area contributed by atoms with E-state index in [0.29, 0.717) is 5.75 Å². The van der Waals surface area contributed by atoms with Gasteiger partial charge in [-0.25, -0.2) is 4.98 Å². The molecule has 1 fully saturated rings. The molecule has 2 heterocycles. The molecule has 3 rings (SSSR count). The van der Waals surface area contributed by atoms with Crippen molar-refractivity contribution in [2.75, 3.05) is 43.5 Å². The number of quaternary nitrogens is 1. The molecule has 0 saturated carbocycles. The zero-order chi connectivity index (χ0) is 17.6. The Morgan fingerprint density at radius 1 is 1.20 bits per heavy atom. The van der Waals surface area contributed by atoms with Crippen LogP contribution in [0.2, 0.25) is 0 Å². The maximum absolute atomic E-state index is 12.6. The number of methoxy groups -OCH3 is 1. The third-order valence-electron chi connectivity index (χ3n) is 4.81. The SMILES string of the molecule is COc1ccccc1NC(=O)[C@@H](C)[NH+]1CCN(c2cccc[nH+]2)CC1. The number of hydrogen-bond acceptors (Lipinski definition) is 3. The summed E-state index contributed by atoms with van der Waals surface area (Å²) in [6.07, 6.45) is 1.94. The van der Waals surface area contributed by atoms with Gasteiger partial charge < -0.3 is 15.0 Å². The number of pyridine rings is 1. The van der Waals surface area contributed by atoms with Gasteiger partial charge in [-0.3, -0.25) is 9.69 Å². The largest absolute Gasteiger partial charge is 0.495 e. The Morgan fingerprint density at radius 3 is 2.60 bits per heavy atom. The van der Waals surface area contributed by atoms with E-state index in [1.165, 1.54) is 4.90 Å². The average molecular weight is 342 g/mol. The Hall–Kier alpha value is -2.60. The lowest BCUT2D eigenvalue weighted by atomic mass is 10.2. The topological polar surface area (TPSA) is 60.1 Å². The molecule has 1 aromatic heterocycles. The second-order valence-electron chi connectivity index (χ2n) is 6.30. The molecule has 1 amide bonds. The molecule has 0 spiro atoms. The van der Waals surface area contributed by atoms with Crippen LogP contribution in [-0.2, 0) is 4.79 Å². The fourth-order valence-corrected chi connectivity index (χ4v) is 3.22. The Balaban J connectivity index is 1.57. The van der Waals surface area contributed by atoms with Crippen molar-refractivity contribution in [3.63, 3.8) is 0 Å². The zero-order valence-electron chi connectivity index (χ0n) is 14.8.